The lowest BCUT2D eigenvalue weighted by Crippen LogP contribution is -2.49. The largest absolute Gasteiger partial charge is 0.277 e. The first kappa shape index (κ1) is 76.0. The van der Waals surface area contributed by atoms with Gasteiger partial charge in [-0.1, -0.05) is 397 Å². The zero-order chi connectivity index (χ0) is 86.7. The van der Waals surface area contributed by atoms with E-state index in [9.17, 15) is 0 Å². The summed E-state index contributed by atoms with van der Waals surface area (Å²) in [6.07, 6.45) is 0. The number of thiophene rings is 3. The molecule has 0 fully saturated rings. The summed E-state index contributed by atoms with van der Waals surface area (Å²) in [7, 11) is -1.93. The SMILES string of the molecule is CC1(C)c2ccccc2-c2c1c1c(ccc3c4ccccc4n(-c4nc(-c5ccccc5)nc(-c5ccccc5)n4)c31)c1ccccc21.C[Si]1(C)c2ccccc2-c2c1c1c(ccc3c4cc(-c5ccc6sc7ccccc7c6c5)ccc4sc31)c1ccccc21.c1ccc(C2(c3ccccc3)c3ccccc3-c3c2c2ccccc2c2ccc4c5ccccc5sc4c32)cc1. The fraction of sp³-hybridized carbons (Fsp3) is 0.0488. The van der Waals surface area contributed by atoms with Crippen molar-refractivity contribution in [3.63, 3.8) is 0 Å². The minimum Gasteiger partial charge on any atom is -0.277 e. The Balaban J connectivity index is 0.000000101. The fourth-order valence-corrected chi connectivity index (χ4v) is 30.5. The molecule has 0 saturated carbocycles. The zero-order valence-electron chi connectivity index (χ0n) is 72.3. The van der Waals surface area contributed by atoms with Crippen molar-refractivity contribution >= 4 is 199 Å². The average molecular weight is 1740 g/mol. The van der Waals surface area contributed by atoms with Crippen molar-refractivity contribution in [2.45, 2.75) is 37.8 Å². The first-order chi connectivity index (χ1) is 64.5. The van der Waals surface area contributed by atoms with Crippen molar-refractivity contribution in [2.75, 3.05) is 0 Å². The van der Waals surface area contributed by atoms with Gasteiger partial charge < -0.3 is 0 Å². The number of benzene rings is 21. The standard InChI is InChI=1S/C44H30N4.C40H26S2Si.C39H24S/c1-44(2)35-23-13-11-22-34(35)37-31-21-10-9-19-29(31)32-25-26-33-30-20-12-14-24-36(30)48(40(33)38(32)39(37)44)43-46-41(27-15-5-3-6-16-27)45-42(47-43)28-17-7-4-8-18-28;1-43(2)36-14-8-6-12-30(36)37-27-11-4-3-9-25(27)28-17-18-29-32-22-24(16-20-35(32)42-39(29)38(28)40(37)43)23-15-19-34-31(21-23)26-10-5-7-13-33(26)41-34;1-3-13-25(14-4-1)39(26-15-5-2-6-16-26)33-21-11-9-20-32(33)35-36-29(27-17-7-8-19-30(27)37(35)39)23-24-31-28-18-10-12-22-34(28)40-38(31)36/h3-26H,1-2H3;3-22H,1-2H3;1-24H. The Morgan fingerprint density at radius 1 is 0.267 bits per heavy atom. The molecule has 0 N–H and O–H groups in total. The lowest BCUT2D eigenvalue weighted by Gasteiger charge is -2.35. The highest BCUT2D eigenvalue weighted by atomic mass is 32.1. The maximum atomic E-state index is 5.25. The topological polar surface area (TPSA) is 43.6 Å². The van der Waals surface area contributed by atoms with E-state index in [-0.39, 0.29) is 5.41 Å². The van der Waals surface area contributed by atoms with Crippen molar-refractivity contribution < 1.29 is 0 Å². The summed E-state index contributed by atoms with van der Waals surface area (Å²) in [5.74, 6) is 1.90. The molecular weight excluding hydrogens is 1660 g/mol. The number of hydrogen-bond donors (Lipinski definition) is 0. The monoisotopic (exact) mass is 1740 g/mol. The number of para-hydroxylation sites is 1. The van der Waals surface area contributed by atoms with E-state index in [1.807, 2.05) is 70.4 Å². The van der Waals surface area contributed by atoms with E-state index in [1.54, 1.807) is 10.4 Å². The third-order valence-electron chi connectivity index (χ3n) is 29.0. The quantitative estimate of drug-likeness (QED) is 0.123. The van der Waals surface area contributed by atoms with Crippen molar-refractivity contribution in [2.24, 2.45) is 0 Å². The second-order valence-corrected chi connectivity index (χ2v) is 43.9. The summed E-state index contributed by atoms with van der Waals surface area (Å²) in [6.45, 7) is 9.87. The number of fused-ring (bicyclic) bond motifs is 39. The van der Waals surface area contributed by atoms with E-state index in [0.717, 1.165) is 22.2 Å². The van der Waals surface area contributed by atoms with Crippen LogP contribution in [0.25, 0.3) is 220 Å². The summed E-state index contributed by atoms with van der Waals surface area (Å²) < 4.78 is 10.5. The van der Waals surface area contributed by atoms with Crippen LogP contribution in [-0.2, 0) is 10.8 Å². The molecule has 21 aromatic carbocycles. The molecule has 0 unspecified atom stereocenters. The highest BCUT2D eigenvalue weighted by molar-refractivity contribution is 7.27. The molecule has 26 aromatic rings. The molecule has 0 atom stereocenters. The zero-order valence-corrected chi connectivity index (χ0v) is 75.7. The molecule has 3 aliphatic rings. The lowest BCUT2D eigenvalue weighted by molar-refractivity contribution is 0.667. The fourth-order valence-electron chi connectivity index (χ4n) is 23.4. The van der Waals surface area contributed by atoms with Gasteiger partial charge in [0.25, 0.3) is 0 Å². The molecule has 5 aromatic heterocycles. The molecule has 0 spiro atoms. The van der Waals surface area contributed by atoms with Crippen LogP contribution in [0.2, 0.25) is 13.1 Å². The average Bonchev–Trinajstić information content (AvgIpc) is 1.51. The maximum Gasteiger partial charge on any atom is 0.238 e. The Morgan fingerprint density at radius 2 is 0.679 bits per heavy atom. The summed E-state index contributed by atoms with van der Waals surface area (Å²) in [4.78, 5) is 15.5. The van der Waals surface area contributed by atoms with Crippen molar-refractivity contribution in [1.29, 1.82) is 0 Å². The van der Waals surface area contributed by atoms with Crippen molar-refractivity contribution in [3.05, 3.63) is 446 Å². The third-order valence-corrected chi connectivity index (χ3v) is 36.1. The predicted molar refractivity (Wildman–Crippen MR) is 564 cm³/mol. The second kappa shape index (κ2) is 28.9. The molecule has 4 nitrogen and oxygen atoms in total. The van der Waals surface area contributed by atoms with Gasteiger partial charge in [0.15, 0.2) is 11.6 Å². The first-order valence-corrected chi connectivity index (χ1v) is 50.7. The van der Waals surface area contributed by atoms with Crippen LogP contribution in [0.4, 0.5) is 0 Å². The molecule has 29 rings (SSSR count). The van der Waals surface area contributed by atoms with Gasteiger partial charge in [-0.25, -0.2) is 4.98 Å². The van der Waals surface area contributed by atoms with Crippen LogP contribution in [0.3, 0.4) is 0 Å². The smallest absolute Gasteiger partial charge is 0.238 e. The van der Waals surface area contributed by atoms with E-state index in [1.165, 1.54) is 214 Å². The molecule has 2 aliphatic carbocycles. The van der Waals surface area contributed by atoms with Gasteiger partial charge in [0.05, 0.1) is 16.4 Å². The minimum absolute atomic E-state index is 0.229. The molecule has 6 heterocycles. The van der Waals surface area contributed by atoms with Crippen LogP contribution in [0, 0.1) is 0 Å². The van der Waals surface area contributed by atoms with Gasteiger partial charge in [0, 0.05) is 104 Å². The van der Waals surface area contributed by atoms with Crippen molar-refractivity contribution in [1.82, 2.24) is 19.5 Å². The van der Waals surface area contributed by atoms with Crippen LogP contribution in [-0.4, -0.2) is 27.6 Å². The highest BCUT2D eigenvalue weighted by Gasteiger charge is 2.49. The molecule has 0 radical (unpaired) electrons. The Kier molecular flexibility index (Phi) is 16.8. The van der Waals surface area contributed by atoms with Crippen LogP contribution < -0.4 is 10.4 Å². The van der Waals surface area contributed by atoms with E-state index in [0.29, 0.717) is 17.6 Å². The van der Waals surface area contributed by atoms with E-state index < -0.39 is 13.5 Å². The second-order valence-electron chi connectivity index (χ2n) is 36.5. The predicted octanol–water partition coefficient (Wildman–Crippen LogP) is 32.8. The van der Waals surface area contributed by atoms with Gasteiger partial charge in [0.2, 0.25) is 5.95 Å². The van der Waals surface area contributed by atoms with Gasteiger partial charge >= 0.3 is 0 Å². The molecule has 1 aliphatic heterocycles. The summed E-state index contributed by atoms with van der Waals surface area (Å²) in [6, 6.07) is 152. The van der Waals surface area contributed by atoms with Crippen molar-refractivity contribution in [3.8, 4) is 73.2 Å². The third kappa shape index (κ3) is 11.0. The first-order valence-electron chi connectivity index (χ1n) is 45.3. The molecule has 0 bridgehead atoms. The Hall–Kier alpha value is -15.1. The van der Waals surface area contributed by atoms with E-state index in [4.69, 9.17) is 15.0 Å². The summed E-state index contributed by atoms with van der Waals surface area (Å²) in [5.41, 5.74) is 22.4. The molecule has 131 heavy (non-hydrogen) atoms. The Morgan fingerprint density at radius 3 is 1.30 bits per heavy atom. The Labute approximate surface area is 769 Å². The molecule has 0 saturated heterocycles. The van der Waals surface area contributed by atoms with Crippen LogP contribution >= 0.6 is 34.0 Å². The van der Waals surface area contributed by atoms with Gasteiger partial charge in [0.1, 0.15) is 8.07 Å². The van der Waals surface area contributed by atoms with E-state index >= 15 is 0 Å². The maximum absolute atomic E-state index is 5.25. The molecular formula is C123H80N4S3Si. The minimum atomic E-state index is -1.93. The molecule has 8 heteroatoms. The normalized spacial score (nSPS) is 13.7. The van der Waals surface area contributed by atoms with Gasteiger partial charge in [-0.05, 0) is 179 Å². The summed E-state index contributed by atoms with van der Waals surface area (Å²) >= 11 is 5.79. The number of hydrogen-bond acceptors (Lipinski definition) is 6. The number of nitrogens with zero attached hydrogens (tertiary/aromatic N) is 4. The van der Waals surface area contributed by atoms with Gasteiger partial charge in [-0.2, -0.15) is 9.97 Å². The molecule has 614 valence electrons. The van der Waals surface area contributed by atoms with Gasteiger partial charge in [-0.15, -0.1) is 34.0 Å². The van der Waals surface area contributed by atoms with Gasteiger partial charge in [-0.3, -0.25) is 4.57 Å². The van der Waals surface area contributed by atoms with Crippen LogP contribution in [0.15, 0.2) is 413 Å². The lowest BCUT2D eigenvalue weighted by atomic mass is 9.66. The Bertz CT molecular complexity index is 9270. The van der Waals surface area contributed by atoms with Crippen LogP contribution in [0.5, 0.6) is 0 Å². The summed E-state index contributed by atoms with van der Waals surface area (Å²) in [5, 5.41) is 29.8. The molecule has 0 amide bonds. The van der Waals surface area contributed by atoms with Crippen LogP contribution in [0.1, 0.15) is 47.2 Å². The number of rotatable bonds is 6. The number of aromatic nitrogens is 4. The highest BCUT2D eigenvalue weighted by Crippen LogP contribution is 2.63. The van der Waals surface area contributed by atoms with E-state index in [2.05, 4.69) is 408 Å².